The van der Waals surface area contributed by atoms with Crippen molar-refractivity contribution in [1.29, 1.82) is 0 Å². The predicted molar refractivity (Wildman–Crippen MR) is 83.6 cm³/mol. The van der Waals surface area contributed by atoms with Gasteiger partial charge in [0.25, 0.3) is 0 Å². The molecule has 0 fully saturated rings. The van der Waals surface area contributed by atoms with Gasteiger partial charge in [-0.05, 0) is 36.5 Å². The predicted octanol–water partition coefficient (Wildman–Crippen LogP) is 5.18. The molecule has 0 aliphatic heterocycles. The number of aromatic nitrogens is 1. The number of aliphatic imine (C=N–C) groups is 1. The molecule has 0 saturated heterocycles. The van der Waals surface area contributed by atoms with Crippen molar-refractivity contribution in [2.75, 3.05) is 0 Å². The van der Waals surface area contributed by atoms with E-state index >= 15 is 0 Å². The number of halogens is 2. The largest absolute Gasteiger partial charge is 0.252 e. The Morgan fingerprint density at radius 1 is 1.45 bits per heavy atom. The van der Waals surface area contributed by atoms with Crippen LogP contribution in [0.3, 0.4) is 0 Å². The molecule has 2 atom stereocenters. The molecule has 0 saturated carbocycles. The Hall–Kier alpha value is -1.22. The maximum absolute atomic E-state index is 12.7. The third-order valence-electron chi connectivity index (χ3n) is 3.42. The average Bonchev–Trinajstić information content (AvgIpc) is 2.45. The van der Waals surface area contributed by atoms with Gasteiger partial charge < -0.3 is 0 Å². The van der Waals surface area contributed by atoms with E-state index in [1.165, 1.54) is 6.07 Å². The molecule has 0 spiro atoms. The summed E-state index contributed by atoms with van der Waals surface area (Å²) in [6.07, 6.45) is 8.08. The van der Waals surface area contributed by atoms with Crippen LogP contribution in [0.4, 0.5) is 4.39 Å². The van der Waals surface area contributed by atoms with Crippen LogP contribution in [-0.4, -0.2) is 11.2 Å². The van der Waals surface area contributed by atoms with Gasteiger partial charge in [0.2, 0.25) is 0 Å². The summed E-state index contributed by atoms with van der Waals surface area (Å²) < 4.78 is 12.7. The molecule has 0 radical (unpaired) electrons. The molecular weight excluding hydrogens is 275 g/mol. The van der Waals surface area contributed by atoms with Crippen molar-refractivity contribution in [1.82, 2.24) is 4.98 Å². The Kier molecular flexibility index (Phi) is 7.45. The zero-order chi connectivity index (χ0) is 15.0. The molecule has 1 aromatic heterocycles. The molecule has 0 aliphatic carbocycles. The van der Waals surface area contributed by atoms with Crippen LogP contribution in [0.25, 0.3) is 0 Å². The van der Waals surface area contributed by atoms with Gasteiger partial charge in [-0.25, -0.2) is 9.38 Å². The van der Waals surface area contributed by atoms with Crippen LogP contribution in [0.15, 0.2) is 34.6 Å². The third-order valence-corrected chi connectivity index (χ3v) is 3.64. The van der Waals surface area contributed by atoms with Crippen LogP contribution < -0.4 is 0 Å². The monoisotopic (exact) mass is 296 g/mol. The van der Waals surface area contributed by atoms with E-state index in [1.54, 1.807) is 12.3 Å². The quantitative estimate of drug-likeness (QED) is 0.502. The van der Waals surface area contributed by atoms with Crippen molar-refractivity contribution in [3.63, 3.8) is 0 Å². The molecule has 2 nitrogen and oxygen atoms in total. The fourth-order valence-electron chi connectivity index (χ4n) is 1.98. The van der Waals surface area contributed by atoms with Crippen molar-refractivity contribution in [3.8, 4) is 0 Å². The van der Waals surface area contributed by atoms with Crippen LogP contribution in [-0.2, 0) is 0 Å². The molecule has 20 heavy (non-hydrogen) atoms. The first-order valence-electron chi connectivity index (χ1n) is 7.09. The number of pyridine rings is 1. The fourth-order valence-corrected chi connectivity index (χ4v) is 2.19. The summed E-state index contributed by atoms with van der Waals surface area (Å²) in [4.78, 5) is 8.09. The number of hydrogen-bond donors (Lipinski definition) is 0. The Labute approximate surface area is 125 Å². The van der Waals surface area contributed by atoms with E-state index in [-0.39, 0.29) is 5.82 Å². The lowest BCUT2D eigenvalue weighted by molar-refractivity contribution is 0.389. The molecule has 4 heteroatoms. The first-order valence-corrected chi connectivity index (χ1v) is 7.47. The third kappa shape index (κ3) is 5.83. The van der Waals surface area contributed by atoms with E-state index in [4.69, 9.17) is 11.6 Å². The number of nitrogens with zero attached hydrogens (tertiary/aromatic N) is 2. The molecular formula is C16H22ClFN2. The van der Waals surface area contributed by atoms with Gasteiger partial charge in [-0.3, -0.25) is 4.98 Å². The van der Waals surface area contributed by atoms with Gasteiger partial charge in [0.1, 0.15) is 11.0 Å². The molecule has 0 aromatic carbocycles. The second-order valence-corrected chi connectivity index (χ2v) is 5.37. The van der Waals surface area contributed by atoms with Crippen LogP contribution >= 0.6 is 11.6 Å². The van der Waals surface area contributed by atoms with Crippen LogP contribution in [0.2, 0.25) is 0 Å². The van der Waals surface area contributed by atoms with E-state index in [1.807, 2.05) is 6.08 Å². The molecule has 0 N–H and O–H groups in total. The summed E-state index contributed by atoms with van der Waals surface area (Å²) in [5.41, 5.74) is 0.591. The number of hydrogen-bond acceptors (Lipinski definition) is 2. The van der Waals surface area contributed by atoms with E-state index in [9.17, 15) is 4.39 Å². The minimum atomic E-state index is -0.358. The molecule has 0 bridgehead atoms. The van der Waals surface area contributed by atoms with Gasteiger partial charge in [0, 0.05) is 0 Å². The molecule has 0 amide bonds. The van der Waals surface area contributed by atoms with E-state index in [0.29, 0.717) is 22.7 Å². The van der Waals surface area contributed by atoms with Crippen molar-refractivity contribution in [2.24, 2.45) is 16.8 Å². The molecule has 1 aromatic rings. The molecule has 110 valence electrons. The topological polar surface area (TPSA) is 25.2 Å². The fraction of sp³-hybridized carbons (Fsp3) is 0.500. The highest BCUT2D eigenvalue weighted by molar-refractivity contribution is 6.29. The zero-order valence-electron chi connectivity index (χ0n) is 12.3. The Bertz CT molecular complexity index is 454. The van der Waals surface area contributed by atoms with Crippen LogP contribution in [0.5, 0.6) is 0 Å². The zero-order valence-corrected chi connectivity index (χ0v) is 13.1. The number of allylic oxidation sites excluding steroid dienone is 1. The van der Waals surface area contributed by atoms with Crippen molar-refractivity contribution >= 4 is 17.8 Å². The SMILES string of the molecule is CCC[C@@H](C=C(Cl)N=Cc1ccc(F)cn1)[C@@H](C)CC. The highest BCUT2D eigenvalue weighted by Crippen LogP contribution is 2.24. The number of rotatable bonds is 7. The minimum absolute atomic E-state index is 0.358. The summed E-state index contributed by atoms with van der Waals surface area (Å²) in [5, 5.41) is 0.467. The van der Waals surface area contributed by atoms with Gasteiger partial charge in [-0.2, -0.15) is 0 Å². The Morgan fingerprint density at radius 2 is 2.20 bits per heavy atom. The Morgan fingerprint density at radius 3 is 2.75 bits per heavy atom. The van der Waals surface area contributed by atoms with Crippen LogP contribution in [0, 0.1) is 17.7 Å². The molecule has 0 unspecified atom stereocenters. The second-order valence-electron chi connectivity index (χ2n) is 4.99. The van der Waals surface area contributed by atoms with Crippen LogP contribution in [0.1, 0.15) is 45.7 Å². The van der Waals surface area contributed by atoms with Gasteiger partial charge >= 0.3 is 0 Å². The summed E-state index contributed by atoms with van der Waals surface area (Å²) in [6, 6.07) is 2.92. The normalized spacial score (nSPS) is 15.6. The van der Waals surface area contributed by atoms with Gasteiger partial charge in [-0.15, -0.1) is 0 Å². The van der Waals surface area contributed by atoms with Gasteiger partial charge in [-0.1, -0.05) is 45.2 Å². The maximum Gasteiger partial charge on any atom is 0.141 e. The van der Waals surface area contributed by atoms with E-state index in [0.717, 1.165) is 25.5 Å². The summed E-state index contributed by atoms with van der Waals surface area (Å²) in [6.45, 7) is 6.58. The summed E-state index contributed by atoms with van der Waals surface area (Å²) >= 11 is 6.15. The van der Waals surface area contributed by atoms with E-state index in [2.05, 4.69) is 30.7 Å². The minimum Gasteiger partial charge on any atom is -0.252 e. The van der Waals surface area contributed by atoms with Gasteiger partial charge in [0.15, 0.2) is 0 Å². The second kappa shape index (κ2) is 8.85. The highest BCUT2D eigenvalue weighted by atomic mass is 35.5. The molecule has 0 aliphatic rings. The maximum atomic E-state index is 12.7. The first-order chi connectivity index (χ1) is 9.56. The standard InChI is InChI=1S/C16H22ClFN2/c1-4-6-13(12(3)5-2)9-16(17)20-11-15-8-7-14(18)10-19-15/h7-13H,4-6H2,1-3H3/t12-,13-/m0/s1. The Balaban J connectivity index is 2.73. The summed E-state index contributed by atoms with van der Waals surface area (Å²) in [7, 11) is 0. The lowest BCUT2D eigenvalue weighted by Gasteiger charge is -2.18. The smallest absolute Gasteiger partial charge is 0.141 e. The lowest BCUT2D eigenvalue weighted by Crippen LogP contribution is -2.08. The average molecular weight is 297 g/mol. The van der Waals surface area contributed by atoms with E-state index < -0.39 is 0 Å². The van der Waals surface area contributed by atoms with Gasteiger partial charge in [0.05, 0.1) is 18.1 Å². The van der Waals surface area contributed by atoms with Crippen molar-refractivity contribution < 1.29 is 4.39 Å². The first kappa shape index (κ1) is 16.8. The highest BCUT2D eigenvalue weighted by Gasteiger charge is 2.12. The molecule has 1 heterocycles. The molecule has 1 rings (SSSR count). The summed E-state index contributed by atoms with van der Waals surface area (Å²) in [5.74, 6) is 0.669. The van der Waals surface area contributed by atoms with Crippen molar-refractivity contribution in [3.05, 3.63) is 41.1 Å². The lowest BCUT2D eigenvalue weighted by atomic mass is 9.88. The van der Waals surface area contributed by atoms with Crippen molar-refractivity contribution in [2.45, 2.75) is 40.0 Å².